The van der Waals surface area contributed by atoms with E-state index in [1.54, 1.807) is 6.92 Å². The van der Waals surface area contributed by atoms with Crippen LogP contribution in [0, 0.1) is 5.82 Å². The summed E-state index contributed by atoms with van der Waals surface area (Å²) in [5.41, 5.74) is 0.254. The van der Waals surface area contributed by atoms with Gasteiger partial charge < -0.3 is 4.74 Å². The Labute approximate surface area is 93.2 Å². The Bertz CT molecular complexity index is 401. The second-order valence-corrected chi connectivity index (χ2v) is 3.64. The number of ketones is 1. The van der Waals surface area contributed by atoms with Gasteiger partial charge in [-0.05, 0) is 32.0 Å². The summed E-state index contributed by atoms with van der Waals surface area (Å²) in [6.45, 7) is 3.14. The maximum atomic E-state index is 13.4. The summed E-state index contributed by atoms with van der Waals surface area (Å²) in [7, 11) is 0. The molecule has 0 N–H and O–H groups in total. The molecule has 0 bridgehead atoms. The largest absolute Gasteiger partial charge is 0.487 e. The van der Waals surface area contributed by atoms with Crippen LogP contribution in [-0.4, -0.2) is 18.2 Å². The summed E-state index contributed by atoms with van der Waals surface area (Å²) >= 11 is 0. The fourth-order valence-corrected chi connectivity index (χ4v) is 1.35. The molecule has 86 valence electrons. The maximum absolute atomic E-state index is 13.4. The SMILES string of the molecule is CC(=O)CC(C)Oc1ccc(C=O)cc1F. The Morgan fingerprint density at radius 3 is 2.75 bits per heavy atom. The predicted molar refractivity (Wildman–Crippen MR) is 57.2 cm³/mol. The third kappa shape index (κ3) is 3.46. The van der Waals surface area contributed by atoms with Crippen molar-refractivity contribution in [1.82, 2.24) is 0 Å². The molecule has 0 saturated carbocycles. The summed E-state index contributed by atoms with van der Waals surface area (Å²) in [6.07, 6.45) is 0.412. The molecule has 16 heavy (non-hydrogen) atoms. The van der Waals surface area contributed by atoms with Crippen LogP contribution in [0.1, 0.15) is 30.6 Å². The second kappa shape index (κ2) is 5.39. The van der Waals surface area contributed by atoms with Gasteiger partial charge in [-0.2, -0.15) is 0 Å². The number of ether oxygens (including phenoxy) is 1. The molecule has 4 heteroatoms. The van der Waals surface area contributed by atoms with Crippen LogP contribution >= 0.6 is 0 Å². The smallest absolute Gasteiger partial charge is 0.165 e. The highest BCUT2D eigenvalue weighted by atomic mass is 19.1. The molecule has 0 aliphatic carbocycles. The van der Waals surface area contributed by atoms with Crippen LogP contribution in [0.5, 0.6) is 5.75 Å². The van der Waals surface area contributed by atoms with Crippen molar-refractivity contribution in [2.45, 2.75) is 26.4 Å². The predicted octanol–water partition coefficient (Wildman–Crippen LogP) is 2.38. The molecule has 1 aromatic carbocycles. The van der Waals surface area contributed by atoms with Crippen molar-refractivity contribution in [1.29, 1.82) is 0 Å². The summed E-state index contributed by atoms with van der Waals surface area (Å²) in [6, 6.07) is 3.95. The number of halogens is 1. The third-order valence-corrected chi connectivity index (χ3v) is 2.00. The molecule has 0 heterocycles. The molecule has 1 aromatic rings. The molecule has 0 amide bonds. The molecule has 1 rings (SSSR count). The van der Waals surface area contributed by atoms with Gasteiger partial charge in [-0.15, -0.1) is 0 Å². The van der Waals surface area contributed by atoms with E-state index in [4.69, 9.17) is 4.74 Å². The fourth-order valence-electron chi connectivity index (χ4n) is 1.35. The zero-order valence-corrected chi connectivity index (χ0v) is 9.20. The summed E-state index contributed by atoms with van der Waals surface area (Å²) in [5, 5.41) is 0. The molecular weight excluding hydrogens is 211 g/mol. The number of aldehydes is 1. The van der Waals surface area contributed by atoms with Gasteiger partial charge in [-0.3, -0.25) is 9.59 Å². The first-order valence-corrected chi connectivity index (χ1v) is 4.93. The van der Waals surface area contributed by atoms with Crippen LogP contribution < -0.4 is 4.74 Å². The fraction of sp³-hybridized carbons (Fsp3) is 0.333. The van der Waals surface area contributed by atoms with Gasteiger partial charge in [0.1, 0.15) is 18.2 Å². The standard InChI is InChI=1S/C12H13FO3/c1-8(15)5-9(2)16-12-4-3-10(7-14)6-11(12)13/h3-4,6-7,9H,5H2,1-2H3. The first-order valence-electron chi connectivity index (χ1n) is 4.93. The van der Waals surface area contributed by atoms with Crippen LogP contribution in [0.3, 0.4) is 0 Å². The van der Waals surface area contributed by atoms with E-state index >= 15 is 0 Å². The van der Waals surface area contributed by atoms with E-state index in [-0.39, 0.29) is 29.6 Å². The monoisotopic (exact) mass is 224 g/mol. The van der Waals surface area contributed by atoms with Crippen molar-refractivity contribution >= 4 is 12.1 Å². The van der Waals surface area contributed by atoms with Gasteiger partial charge in [-0.25, -0.2) is 4.39 Å². The number of rotatable bonds is 5. The molecule has 1 atom stereocenters. The van der Waals surface area contributed by atoms with Crippen LogP contribution in [0.2, 0.25) is 0 Å². The van der Waals surface area contributed by atoms with Crippen LogP contribution in [0.15, 0.2) is 18.2 Å². The highest BCUT2D eigenvalue weighted by molar-refractivity contribution is 5.76. The van der Waals surface area contributed by atoms with Crippen molar-refractivity contribution in [3.8, 4) is 5.75 Å². The minimum atomic E-state index is -0.597. The number of hydrogen-bond donors (Lipinski definition) is 0. The van der Waals surface area contributed by atoms with E-state index in [1.165, 1.54) is 19.1 Å². The molecule has 0 aromatic heterocycles. The summed E-state index contributed by atoms with van der Waals surface area (Å²) in [5.74, 6) is -0.559. The molecule has 0 spiro atoms. The lowest BCUT2D eigenvalue weighted by Gasteiger charge is -2.13. The lowest BCUT2D eigenvalue weighted by atomic mass is 10.2. The van der Waals surface area contributed by atoms with Gasteiger partial charge in [-0.1, -0.05) is 0 Å². The van der Waals surface area contributed by atoms with E-state index < -0.39 is 5.82 Å². The molecule has 0 radical (unpaired) electrons. The lowest BCUT2D eigenvalue weighted by molar-refractivity contribution is -0.118. The highest BCUT2D eigenvalue weighted by Crippen LogP contribution is 2.19. The van der Waals surface area contributed by atoms with Gasteiger partial charge in [0, 0.05) is 12.0 Å². The van der Waals surface area contributed by atoms with Crippen molar-refractivity contribution in [2.24, 2.45) is 0 Å². The van der Waals surface area contributed by atoms with Gasteiger partial charge in [0.05, 0.1) is 0 Å². The second-order valence-electron chi connectivity index (χ2n) is 3.64. The average Bonchev–Trinajstić information content (AvgIpc) is 2.19. The van der Waals surface area contributed by atoms with E-state index in [1.807, 2.05) is 0 Å². The molecule has 0 fully saturated rings. The zero-order valence-electron chi connectivity index (χ0n) is 9.20. The highest BCUT2D eigenvalue weighted by Gasteiger charge is 2.10. The first-order chi connectivity index (χ1) is 7.52. The topological polar surface area (TPSA) is 43.4 Å². The van der Waals surface area contributed by atoms with Gasteiger partial charge >= 0.3 is 0 Å². The minimum Gasteiger partial charge on any atom is -0.487 e. The van der Waals surface area contributed by atoms with Gasteiger partial charge in [0.25, 0.3) is 0 Å². The summed E-state index contributed by atoms with van der Waals surface area (Å²) in [4.78, 5) is 21.2. The molecule has 3 nitrogen and oxygen atoms in total. The lowest BCUT2D eigenvalue weighted by Crippen LogP contribution is -2.16. The van der Waals surface area contributed by atoms with E-state index in [0.29, 0.717) is 6.29 Å². The van der Waals surface area contributed by atoms with Crippen molar-refractivity contribution in [3.63, 3.8) is 0 Å². The number of carbonyl (C=O) groups excluding carboxylic acids is 2. The molecule has 0 aliphatic rings. The Morgan fingerprint density at radius 1 is 1.56 bits per heavy atom. The van der Waals surface area contributed by atoms with E-state index in [9.17, 15) is 14.0 Å². The average molecular weight is 224 g/mol. The maximum Gasteiger partial charge on any atom is 0.165 e. The first kappa shape index (κ1) is 12.4. The van der Waals surface area contributed by atoms with Gasteiger partial charge in [0.2, 0.25) is 0 Å². The van der Waals surface area contributed by atoms with Crippen LogP contribution in [0.4, 0.5) is 4.39 Å². The Hall–Kier alpha value is -1.71. The van der Waals surface area contributed by atoms with E-state index in [2.05, 4.69) is 0 Å². The Kier molecular flexibility index (Phi) is 4.17. The third-order valence-electron chi connectivity index (χ3n) is 2.00. The number of benzene rings is 1. The number of hydrogen-bond acceptors (Lipinski definition) is 3. The Balaban J connectivity index is 2.74. The summed E-state index contributed by atoms with van der Waals surface area (Å²) < 4.78 is 18.6. The molecule has 0 saturated heterocycles. The number of Topliss-reactive ketones (excluding diaryl/α,β-unsaturated/α-hetero) is 1. The van der Waals surface area contributed by atoms with Crippen molar-refractivity contribution in [3.05, 3.63) is 29.6 Å². The molecular formula is C12H13FO3. The van der Waals surface area contributed by atoms with Crippen molar-refractivity contribution in [2.75, 3.05) is 0 Å². The minimum absolute atomic E-state index is 0.0163. The van der Waals surface area contributed by atoms with Crippen LogP contribution in [0.25, 0.3) is 0 Å². The van der Waals surface area contributed by atoms with E-state index in [0.717, 1.165) is 6.07 Å². The normalized spacial score (nSPS) is 11.9. The Morgan fingerprint density at radius 2 is 2.25 bits per heavy atom. The molecule has 1 unspecified atom stereocenters. The number of carbonyl (C=O) groups is 2. The molecule has 0 aliphatic heterocycles. The van der Waals surface area contributed by atoms with Gasteiger partial charge in [0.15, 0.2) is 11.6 Å². The quantitative estimate of drug-likeness (QED) is 0.721. The van der Waals surface area contributed by atoms with Crippen LogP contribution in [-0.2, 0) is 4.79 Å². The van der Waals surface area contributed by atoms with Crippen molar-refractivity contribution < 1.29 is 18.7 Å². The zero-order chi connectivity index (χ0) is 12.1.